The van der Waals surface area contributed by atoms with Crippen molar-refractivity contribution in [1.82, 2.24) is 20.2 Å². The number of para-hydroxylation sites is 1. The molecule has 0 aliphatic heterocycles. The molecular weight excluding hydrogens is 260 g/mol. The van der Waals surface area contributed by atoms with Crippen LogP contribution in [-0.4, -0.2) is 20.2 Å². The molecular formula is C13H10N4OS. The minimum absolute atomic E-state index is 0.372. The zero-order chi connectivity index (χ0) is 13.1. The van der Waals surface area contributed by atoms with Crippen LogP contribution in [0.2, 0.25) is 0 Å². The van der Waals surface area contributed by atoms with Gasteiger partial charge in [-0.15, -0.1) is 0 Å². The average molecular weight is 270 g/mol. The summed E-state index contributed by atoms with van der Waals surface area (Å²) >= 11 is 5.06. The molecule has 0 aliphatic carbocycles. The Bertz CT molecular complexity index is 735. The summed E-state index contributed by atoms with van der Waals surface area (Å²) < 4.78 is 7.73. The van der Waals surface area contributed by atoms with Crippen molar-refractivity contribution in [2.75, 3.05) is 0 Å². The van der Waals surface area contributed by atoms with E-state index >= 15 is 0 Å². The van der Waals surface area contributed by atoms with E-state index < -0.39 is 0 Å². The topological polar surface area (TPSA) is 55.7 Å². The molecule has 1 aromatic heterocycles. The molecule has 0 spiro atoms. The molecule has 6 heteroatoms. The normalized spacial score (nSPS) is 10.3. The molecule has 1 heterocycles. The van der Waals surface area contributed by atoms with Gasteiger partial charge in [-0.25, -0.2) is 4.68 Å². The third-order valence-electron chi connectivity index (χ3n) is 2.53. The third kappa shape index (κ3) is 2.53. The van der Waals surface area contributed by atoms with Crippen LogP contribution in [0, 0.1) is 4.77 Å². The van der Waals surface area contributed by atoms with Gasteiger partial charge in [0.05, 0.1) is 5.69 Å². The van der Waals surface area contributed by atoms with Crippen LogP contribution < -0.4 is 4.74 Å². The Morgan fingerprint density at radius 2 is 1.79 bits per heavy atom. The molecule has 0 unspecified atom stereocenters. The first-order valence-corrected chi connectivity index (χ1v) is 6.07. The minimum Gasteiger partial charge on any atom is -0.457 e. The number of H-pyrrole nitrogens is 1. The quantitative estimate of drug-likeness (QED) is 0.743. The van der Waals surface area contributed by atoms with E-state index in [4.69, 9.17) is 17.0 Å². The van der Waals surface area contributed by atoms with Crippen molar-refractivity contribution in [3.63, 3.8) is 0 Å². The van der Waals surface area contributed by atoms with E-state index in [0.29, 0.717) is 4.77 Å². The van der Waals surface area contributed by atoms with Gasteiger partial charge in [0, 0.05) is 6.07 Å². The van der Waals surface area contributed by atoms with Crippen molar-refractivity contribution in [3.05, 3.63) is 59.4 Å². The van der Waals surface area contributed by atoms with Crippen LogP contribution in [0.5, 0.6) is 11.5 Å². The molecule has 19 heavy (non-hydrogen) atoms. The second-order valence-corrected chi connectivity index (χ2v) is 4.20. The van der Waals surface area contributed by atoms with Gasteiger partial charge >= 0.3 is 0 Å². The maximum Gasteiger partial charge on any atom is 0.242 e. The maximum atomic E-state index is 5.75. The Kier molecular flexibility index (Phi) is 3.07. The van der Waals surface area contributed by atoms with Crippen molar-refractivity contribution in [2.45, 2.75) is 0 Å². The lowest BCUT2D eigenvalue weighted by molar-refractivity contribution is 0.482. The number of rotatable bonds is 3. The van der Waals surface area contributed by atoms with E-state index in [2.05, 4.69) is 15.5 Å². The highest BCUT2D eigenvalue weighted by atomic mass is 32.1. The summed E-state index contributed by atoms with van der Waals surface area (Å²) in [5, 5.41) is 10.1. The molecule has 5 nitrogen and oxygen atoms in total. The molecule has 0 fully saturated rings. The Labute approximate surface area is 114 Å². The second kappa shape index (κ2) is 5.03. The number of aromatic nitrogens is 4. The van der Waals surface area contributed by atoms with Gasteiger partial charge in [0.1, 0.15) is 11.5 Å². The van der Waals surface area contributed by atoms with Crippen LogP contribution in [0.1, 0.15) is 0 Å². The van der Waals surface area contributed by atoms with Crippen molar-refractivity contribution < 1.29 is 4.74 Å². The number of ether oxygens (including phenoxy) is 1. The molecule has 3 rings (SSSR count). The van der Waals surface area contributed by atoms with Crippen LogP contribution >= 0.6 is 12.2 Å². The number of hydrogen-bond donors (Lipinski definition) is 1. The summed E-state index contributed by atoms with van der Waals surface area (Å²) in [6.45, 7) is 0. The standard InChI is InChI=1S/C13H10N4OS/c19-13-14-15-16-17(13)10-5-4-8-12(9-10)18-11-6-2-1-3-7-11/h1-9H,(H,14,16,19). The number of tetrazole rings is 1. The van der Waals surface area contributed by atoms with Gasteiger partial charge in [-0.2, -0.15) is 5.21 Å². The van der Waals surface area contributed by atoms with Crippen molar-refractivity contribution in [3.8, 4) is 17.2 Å². The highest BCUT2D eigenvalue weighted by molar-refractivity contribution is 7.71. The third-order valence-corrected chi connectivity index (χ3v) is 2.79. The van der Waals surface area contributed by atoms with Crippen molar-refractivity contribution in [1.29, 1.82) is 0 Å². The van der Waals surface area contributed by atoms with Crippen molar-refractivity contribution in [2.24, 2.45) is 0 Å². The number of nitrogens with zero attached hydrogens (tertiary/aromatic N) is 3. The maximum absolute atomic E-state index is 5.75. The van der Waals surface area contributed by atoms with Gasteiger partial charge < -0.3 is 4.74 Å². The zero-order valence-corrected chi connectivity index (χ0v) is 10.7. The van der Waals surface area contributed by atoms with Gasteiger partial charge in [0.25, 0.3) is 0 Å². The fourth-order valence-corrected chi connectivity index (χ4v) is 1.86. The SMILES string of the molecule is S=c1nn[nH]n1-c1cccc(Oc2ccccc2)c1. The summed E-state index contributed by atoms with van der Waals surface area (Å²) in [5.41, 5.74) is 0.823. The number of aromatic amines is 1. The first-order valence-electron chi connectivity index (χ1n) is 5.66. The van der Waals surface area contributed by atoms with Crippen LogP contribution in [0.4, 0.5) is 0 Å². The first-order chi connectivity index (χ1) is 9.33. The molecule has 0 saturated heterocycles. The van der Waals surface area contributed by atoms with E-state index in [1.807, 2.05) is 54.6 Å². The molecule has 1 N–H and O–H groups in total. The Balaban J connectivity index is 1.93. The molecule has 0 bridgehead atoms. The van der Waals surface area contributed by atoms with E-state index in [0.717, 1.165) is 17.2 Å². The van der Waals surface area contributed by atoms with Gasteiger partial charge in [0.2, 0.25) is 4.77 Å². The summed E-state index contributed by atoms with van der Waals surface area (Å²) in [4.78, 5) is 0. The number of nitrogens with one attached hydrogen (secondary N) is 1. The molecule has 0 aliphatic rings. The highest BCUT2D eigenvalue weighted by Gasteiger charge is 2.02. The lowest BCUT2D eigenvalue weighted by Gasteiger charge is -2.07. The molecule has 0 saturated carbocycles. The van der Waals surface area contributed by atoms with Crippen molar-refractivity contribution >= 4 is 12.2 Å². The van der Waals surface area contributed by atoms with E-state index in [-0.39, 0.29) is 0 Å². The molecule has 0 atom stereocenters. The molecule has 2 aromatic carbocycles. The molecule has 3 aromatic rings. The zero-order valence-electron chi connectivity index (χ0n) is 9.85. The van der Waals surface area contributed by atoms with Gasteiger partial charge in [-0.05, 0) is 36.5 Å². The van der Waals surface area contributed by atoms with E-state index in [9.17, 15) is 0 Å². The Hall–Kier alpha value is -2.47. The van der Waals surface area contributed by atoms with Crippen LogP contribution in [-0.2, 0) is 0 Å². The fraction of sp³-hybridized carbons (Fsp3) is 0. The van der Waals surface area contributed by atoms with E-state index in [1.54, 1.807) is 4.68 Å². The average Bonchev–Trinajstić information content (AvgIpc) is 2.86. The fourth-order valence-electron chi connectivity index (χ4n) is 1.68. The smallest absolute Gasteiger partial charge is 0.242 e. The largest absolute Gasteiger partial charge is 0.457 e. The predicted molar refractivity (Wildman–Crippen MR) is 73.1 cm³/mol. The Morgan fingerprint density at radius 1 is 1.00 bits per heavy atom. The highest BCUT2D eigenvalue weighted by Crippen LogP contribution is 2.22. The summed E-state index contributed by atoms with van der Waals surface area (Å²) in [5.74, 6) is 1.51. The predicted octanol–water partition coefficient (Wildman–Crippen LogP) is 3.12. The molecule has 94 valence electrons. The summed E-state index contributed by atoms with van der Waals surface area (Å²) in [7, 11) is 0. The van der Waals surface area contributed by atoms with E-state index in [1.165, 1.54) is 0 Å². The van der Waals surface area contributed by atoms with Crippen LogP contribution in [0.25, 0.3) is 5.69 Å². The Morgan fingerprint density at radius 3 is 2.53 bits per heavy atom. The number of hydrogen-bond acceptors (Lipinski definition) is 4. The first kappa shape index (κ1) is 11.6. The van der Waals surface area contributed by atoms with Crippen LogP contribution in [0.15, 0.2) is 54.6 Å². The summed E-state index contributed by atoms with van der Waals surface area (Å²) in [6.07, 6.45) is 0. The lowest BCUT2D eigenvalue weighted by Crippen LogP contribution is -1.97. The van der Waals surface area contributed by atoms with Gasteiger partial charge in [-0.3, -0.25) is 0 Å². The monoisotopic (exact) mass is 270 g/mol. The number of benzene rings is 2. The van der Waals surface area contributed by atoms with Gasteiger partial charge in [-0.1, -0.05) is 34.6 Å². The second-order valence-electron chi connectivity index (χ2n) is 3.83. The molecule has 0 amide bonds. The minimum atomic E-state index is 0.372. The summed E-state index contributed by atoms with van der Waals surface area (Å²) in [6, 6.07) is 17.1. The van der Waals surface area contributed by atoms with Gasteiger partial charge in [0.15, 0.2) is 0 Å². The molecule has 0 radical (unpaired) electrons. The lowest BCUT2D eigenvalue weighted by atomic mass is 10.3. The van der Waals surface area contributed by atoms with Crippen LogP contribution in [0.3, 0.4) is 0 Å².